The molecule has 2 saturated heterocycles. The van der Waals surface area contributed by atoms with Crippen molar-refractivity contribution in [3.8, 4) is 0 Å². The maximum Gasteiger partial charge on any atom is 0.224 e. The first kappa shape index (κ1) is 29.1. The van der Waals surface area contributed by atoms with Crippen molar-refractivity contribution in [1.29, 1.82) is 0 Å². The molecule has 2 aromatic rings. The molecule has 5 aliphatic rings. The third-order valence-corrected chi connectivity index (χ3v) is 8.97. The number of allylic oxidation sites excluding steroid dienone is 2. The minimum absolute atomic E-state index is 0.0625. The van der Waals surface area contributed by atoms with Crippen LogP contribution in [0, 0.1) is 0 Å². The minimum atomic E-state index is -0.295. The standard InChI is InChI=1S/C18H22N2O2.C14H18N2.C3H6/c1-13-12-18(8-10-19(11-9-18)14(2)21)20(15(3)22)17-7-5-4-6-16(13)17;1-11-10-14(6-8-15-9-7-14)16-13-5-3-2-4-12(11)13;1-2-3-1/h4-7,12H,8-11H2,1-3H3;2-5,10,15-16H,6-9H2,1H3;1-3H2. The largest absolute Gasteiger partial charge is 0.376 e. The van der Waals surface area contributed by atoms with Crippen LogP contribution >= 0.6 is 0 Å². The predicted octanol–water partition coefficient (Wildman–Crippen LogP) is 6.65. The van der Waals surface area contributed by atoms with E-state index in [1.165, 1.54) is 54.5 Å². The van der Waals surface area contributed by atoms with E-state index in [0.717, 1.165) is 37.2 Å². The second-order valence-corrected chi connectivity index (χ2v) is 12.3. The summed E-state index contributed by atoms with van der Waals surface area (Å²) in [5, 5.41) is 7.15. The highest BCUT2D eigenvalue weighted by Crippen LogP contribution is 2.44. The van der Waals surface area contributed by atoms with Crippen molar-refractivity contribution in [1.82, 2.24) is 10.2 Å². The molecule has 41 heavy (non-hydrogen) atoms. The minimum Gasteiger partial charge on any atom is -0.376 e. The SMILES string of the molecule is C1CC1.CC(=O)N1CCC2(C=C(C)c3ccccc3N2C(C)=O)CC1.CC1=CC2(CCNCC2)Nc2ccccc21. The van der Waals surface area contributed by atoms with Crippen molar-refractivity contribution >= 4 is 34.3 Å². The first-order chi connectivity index (χ1) is 19.7. The maximum atomic E-state index is 12.4. The zero-order valence-corrected chi connectivity index (χ0v) is 25.3. The number of carbonyl (C=O) groups is 2. The van der Waals surface area contributed by atoms with Crippen LogP contribution in [0.25, 0.3) is 11.1 Å². The number of benzene rings is 2. The van der Waals surface area contributed by atoms with Gasteiger partial charge in [-0.2, -0.15) is 0 Å². The van der Waals surface area contributed by atoms with Crippen molar-refractivity contribution in [2.45, 2.75) is 83.7 Å². The molecule has 4 aliphatic heterocycles. The lowest BCUT2D eigenvalue weighted by atomic mass is 9.79. The number of hydrogen-bond donors (Lipinski definition) is 2. The van der Waals surface area contributed by atoms with Crippen LogP contribution in [-0.4, -0.2) is 54.0 Å². The van der Waals surface area contributed by atoms with Gasteiger partial charge in [0.15, 0.2) is 0 Å². The van der Waals surface area contributed by atoms with E-state index in [1.54, 1.807) is 13.8 Å². The van der Waals surface area contributed by atoms with E-state index in [1.807, 2.05) is 28.0 Å². The molecular weight excluding hydrogens is 508 g/mol. The van der Waals surface area contributed by atoms with Crippen LogP contribution in [0.2, 0.25) is 0 Å². The molecule has 2 N–H and O–H groups in total. The number of likely N-dealkylation sites (tertiary alicyclic amines) is 1. The molecule has 7 rings (SSSR count). The summed E-state index contributed by atoms with van der Waals surface area (Å²) in [7, 11) is 0. The highest BCUT2D eigenvalue weighted by molar-refractivity contribution is 5.99. The fourth-order valence-electron chi connectivity index (χ4n) is 6.72. The van der Waals surface area contributed by atoms with E-state index in [9.17, 15) is 9.59 Å². The summed E-state index contributed by atoms with van der Waals surface area (Å²) in [5.41, 5.74) is 7.29. The average Bonchev–Trinajstić information content (AvgIpc) is 3.84. The zero-order valence-electron chi connectivity index (χ0n) is 25.3. The van der Waals surface area contributed by atoms with Gasteiger partial charge in [0, 0.05) is 43.8 Å². The molecular formula is C35H46N4O2. The number of nitrogens with one attached hydrogen (secondary N) is 2. The number of nitrogens with zero attached hydrogens (tertiary/aromatic N) is 2. The fourth-order valence-corrected chi connectivity index (χ4v) is 6.72. The predicted molar refractivity (Wildman–Crippen MR) is 170 cm³/mol. The van der Waals surface area contributed by atoms with E-state index in [0.29, 0.717) is 13.1 Å². The summed E-state index contributed by atoms with van der Waals surface area (Å²) in [5.74, 6) is 0.175. The third kappa shape index (κ3) is 6.43. The van der Waals surface area contributed by atoms with Gasteiger partial charge >= 0.3 is 0 Å². The molecule has 2 spiro atoms. The average molecular weight is 555 g/mol. The number of para-hydroxylation sites is 2. The van der Waals surface area contributed by atoms with Gasteiger partial charge in [0.1, 0.15) is 0 Å². The quantitative estimate of drug-likeness (QED) is 0.383. The molecule has 0 radical (unpaired) electrons. The van der Waals surface area contributed by atoms with Gasteiger partial charge in [-0.25, -0.2) is 0 Å². The molecule has 6 heteroatoms. The Morgan fingerprint density at radius 3 is 1.93 bits per heavy atom. The van der Waals surface area contributed by atoms with Crippen molar-refractivity contribution < 1.29 is 9.59 Å². The molecule has 0 bridgehead atoms. The number of hydrogen-bond acceptors (Lipinski definition) is 4. The molecule has 0 unspecified atom stereocenters. The first-order valence-electron chi connectivity index (χ1n) is 15.4. The van der Waals surface area contributed by atoms with Crippen molar-refractivity contribution in [2.24, 2.45) is 0 Å². The Morgan fingerprint density at radius 2 is 1.32 bits per heavy atom. The highest BCUT2D eigenvalue weighted by Gasteiger charge is 2.44. The number of rotatable bonds is 0. The maximum absolute atomic E-state index is 12.4. The topological polar surface area (TPSA) is 64.7 Å². The van der Waals surface area contributed by atoms with Crippen molar-refractivity contribution in [3.63, 3.8) is 0 Å². The Hall–Kier alpha value is -3.38. The molecule has 0 atom stereocenters. The van der Waals surface area contributed by atoms with Crippen molar-refractivity contribution in [3.05, 3.63) is 71.8 Å². The molecule has 1 aliphatic carbocycles. The number of amides is 2. The van der Waals surface area contributed by atoms with E-state index in [4.69, 9.17) is 0 Å². The number of carbonyl (C=O) groups excluding carboxylic acids is 2. The number of fused-ring (bicyclic) bond motifs is 2. The highest BCUT2D eigenvalue weighted by atomic mass is 16.2. The van der Waals surface area contributed by atoms with E-state index >= 15 is 0 Å². The second kappa shape index (κ2) is 12.2. The Bertz CT molecular complexity index is 1320. The molecule has 4 heterocycles. The van der Waals surface area contributed by atoms with Gasteiger partial charge in [-0.3, -0.25) is 9.59 Å². The summed E-state index contributed by atoms with van der Waals surface area (Å²) in [4.78, 5) is 27.8. The van der Waals surface area contributed by atoms with Gasteiger partial charge in [0.2, 0.25) is 11.8 Å². The molecule has 218 valence electrons. The van der Waals surface area contributed by atoms with Crippen LogP contribution < -0.4 is 15.5 Å². The monoisotopic (exact) mass is 554 g/mol. The van der Waals surface area contributed by atoms with Crippen LogP contribution in [0.1, 0.15) is 83.8 Å². The molecule has 1 saturated carbocycles. The Labute approximate surface area is 245 Å². The lowest BCUT2D eigenvalue weighted by Gasteiger charge is -2.49. The second-order valence-electron chi connectivity index (χ2n) is 12.3. The number of piperidine rings is 2. The van der Waals surface area contributed by atoms with Gasteiger partial charge in [0.05, 0.1) is 16.8 Å². The van der Waals surface area contributed by atoms with Gasteiger partial charge in [-0.05, 0) is 75.9 Å². The van der Waals surface area contributed by atoms with E-state index < -0.39 is 0 Å². The smallest absolute Gasteiger partial charge is 0.224 e. The summed E-state index contributed by atoms with van der Waals surface area (Å²) in [6, 6.07) is 16.7. The molecule has 2 amide bonds. The van der Waals surface area contributed by atoms with Crippen LogP contribution in [0.15, 0.2) is 60.7 Å². The van der Waals surface area contributed by atoms with Crippen LogP contribution in [0.3, 0.4) is 0 Å². The molecule has 2 aromatic carbocycles. The summed E-state index contributed by atoms with van der Waals surface area (Å²) < 4.78 is 0. The van der Waals surface area contributed by atoms with Gasteiger partial charge < -0.3 is 20.4 Å². The lowest BCUT2D eigenvalue weighted by Crippen LogP contribution is -2.58. The Kier molecular flexibility index (Phi) is 8.69. The summed E-state index contributed by atoms with van der Waals surface area (Å²) in [6.45, 7) is 11.2. The van der Waals surface area contributed by atoms with Gasteiger partial charge in [-0.15, -0.1) is 0 Å². The Balaban J connectivity index is 0.000000155. The van der Waals surface area contributed by atoms with Crippen LogP contribution in [-0.2, 0) is 9.59 Å². The van der Waals surface area contributed by atoms with Gasteiger partial charge in [0.25, 0.3) is 0 Å². The summed E-state index contributed by atoms with van der Waals surface area (Å²) in [6.07, 6.45) is 13.1. The summed E-state index contributed by atoms with van der Waals surface area (Å²) >= 11 is 0. The van der Waals surface area contributed by atoms with Crippen LogP contribution in [0.4, 0.5) is 11.4 Å². The van der Waals surface area contributed by atoms with Crippen LogP contribution in [0.5, 0.6) is 0 Å². The zero-order chi connectivity index (χ0) is 29.0. The van der Waals surface area contributed by atoms with E-state index in [-0.39, 0.29) is 22.9 Å². The molecule has 3 fully saturated rings. The lowest BCUT2D eigenvalue weighted by molar-refractivity contribution is -0.130. The normalized spacial score (nSPS) is 21.0. The first-order valence-corrected chi connectivity index (χ1v) is 15.4. The number of anilines is 2. The fraction of sp³-hybridized carbons (Fsp3) is 0.486. The Morgan fingerprint density at radius 1 is 0.732 bits per heavy atom. The molecule has 6 nitrogen and oxygen atoms in total. The third-order valence-electron chi connectivity index (χ3n) is 8.97. The van der Waals surface area contributed by atoms with Gasteiger partial charge in [-0.1, -0.05) is 67.8 Å². The van der Waals surface area contributed by atoms with Crippen molar-refractivity contribution in [2.75, 3.05) is 36.4 Å². The van der Waals surface area contributed by atoms with E-state index in [2.05, 4.69) is 67.0 Å². The molecule has 0 aromatic heterocycles.